The van der Waals surface area contributed by atoms with E-state index >= 15 is 0 Å². The van der Waals surface area contributed by atoms with Gasteiger partial charge in [0, 0.05) is 35.6 Å². The maximum absolute atomic E-state index is 3.61. The third-order valence-corrected chi connectivity index (χ3v) is 3.93. The summed E-state index contributed by atoms with van der Waals surface area (Å²) < 4.78 is 0. The van der Waals surface area contributed by atoms with E-state index in [1.165, 1.54) is 48.2 Å². The number of fused-ring (bicyclic) bond motifs is 3. The van der Waals surface area contributed by atoms with Crippen molar-refractivity contribution in [3.05, 3.63) is 30.0 Å². The van der Waals surface area contributed by atoms with E-state index in [9.17, 15) is 0 Å². The molecule has 0 unspecified atom stereocenters. The highest BCUT2D eigenvalue weighted by Gasteiger charge is 2.33. The van der Waals surface area contributed by atoms with Crippen LogP contribution >= 0.6 is 0 Å². The van der Waals surface area contributed by atoms with Gasteiger partial charge in [0.15, 0.2) is 0 Å². The van der Waals surface area contributed by atoms with Crippen molar-refractivity contribution in [2.75, 3.05) is 18.0 Å². The molecule has 2 heteroatoms. The van der Waals surface area contributed by atoms with Gasteiger partial charge in [-0.3, -0.25) is 0 Å². The van der Waals surface area contributed by atoms with Crippen molar-refractivity contribution >= 4 is 16.6 Å². The Balaban J connectivity index is 2.10. The van der Waals surface area contributed by atoms with E-state index in [2.05, 4.69) is 34.1 Å². The number of H-pyrrole nitrogens is 1. The largest absolute Gasteiger partial charge is 0.370 e. The van der Waals surface area contributed by atoms with Crippen molar-refractivity contribution < 1.29 is 0 Å². The molecule has 0 aliphatic carbocycles. The first-order valence-electron chi connectivity index (χ1n) is 5.79. The van der Waals surface area contributed by atoms with Gasteiger partial charge in [-0.1, -0.05) is 18.2 Å². The van der Waals surface area contributed by atoms with E-state index < -0.39 is 0 Å². The zero-order valence-corrected chi connectivity index (χ0v) is 8.66. The Hall–Kier alpha value is -1.44. The number of aromatic amines is 1. The van der Waals surface area contributed by atoms with Crippen LogP contribution in [0, 0.1) is 0 Å². The van der Waals surface area contributed by atoms with Crippen molar-refractivity contribution in [1.29, 1.82) is 0 Å². The zero-order valence-electron chi connectivity index (χ0n) is 8.66. The molecule has 76 valence electrons. The van der Waals surface area contributed by atoms with Crippen LogP contribution in [0.2, 0.25) is 0 Å². The van der Waals surface area contributed by atoms with E-state index in [0.717, 1.165) is 5.92 Å². The van der Waals surface area contributed by atoms with Gasteiger partial charge < -0.3 is 9.88 Å². The summed E-state index contributed by atoms with van der Waals surface area (Å²) in [6, 6.07) is 8.68. The first-order chi connectivity index (χ1) is 7.43. The summed E-state index contributed by atoms with van der Waals surface area (Å²) in [5, 5.41) is 1.41. The molecule has 0 amide bonds. The highest BCUT2D eigenvalue weighted by atomic mass is 15.2. The Morgan fingerprint density at radius 3 is 2.80 bits per heavy atom. The highest BCUT2D eigenvalue weighted by Crippen LogP contribution is 2.45. The monoisotopic (exact) mass is 198 g/mol. The topological polar surface area (TPSA) is 19.0 Å². The molecule has 3 aliphatic rings. The molecule has 0 saturated carbocycles. The first-order valence-corrected chi connectivity index (χ1v) is 5.79. The number of para-hydroxylation sites is 1. The lowest BCUT2D eigenvalue weighted by Crippen LogP contribution is -2.38. The van der Waals surface area contributed by atoms with Crippen LogP contribution in [0.15, 0.2) is 24.3 Å². The number of hydrogen-bond donors (Lipinski definition) is 1. The molecule has 4 heterocycles. The Labute approximate surface area is 88.9 Å². The van der Waals surface area contributed by atoms with Crippen LogP contribution in [-0.2, 0) is 0 Å². The first kappa shape index (κ1) is 7.80. The predicted octanol–water partition coefficient (Wildman–Crippen LogP) is 2.87. The number of rotatable bonds is 0. The van der Waals surface area contributed by atoms with E-state index in [1.807, 2.05) is 0 Å². The molecule has 3 aliphatic heterocycles. The fourth-order valence-corrected chi connectivity index (χ4v) is 3.18. The number of hydrogen-bond acceptors (Lipinski definition) is 1. The third kappa shape index (κ3) is 0.895. The number of nitrogens with zero attached hydrogens (tertiary/aromatic N) is 1. The van der Waals surface area contributed by atoms with Crippen LogP contribution in [-0.4, -0.2) is 18.1 Å². The van der Waals surface area contributed by atoms with Crippen LogP contribution in [0.25, 0.3) is 10.9 Å². The minimum atomic E-state index is 0.789. The lowest BCUT2D eigenvalue weighted by Gasteiger charge is -2.40. The van der Waals surface area contributed by atoms with Gasteiger partial charge in [0.1, 0.15) is 0 Å². The van der Waals surface area contributed by atoms with Crippen molar-refractivity contribution in [2.24, 2.45) is 0 Å². The van der Waals surface area contributed by atoms with Gasteiger partial charge in [-0.15, -0.1) is 0 Å². The average molecular weight is 198 g/mol. The fourth-order valence-electron chi connectivity index (χ4n) is 3.18. The second-order valence-corrected chi connectivity index (χ2v) is 4.69. The van der Waals surface area contributed by atoms with Crippen LogP contribution in [0.5, 0.6) is 0 Å². The Kier molecular flexibility index (Phi) is 1.34. The van der Waals surface area contributed by atoms with Gasteiger partial charge in [0.05, 0.1) is 5.69 Å². The van der Waals surface area contributed by atoms with Gasteiger partial charge in [-0.25, -0.2) is 0 Å². The van der Waals surface area contributed by atoms with Crippen LogP contribution < -0.4 is 4.90 Å². The minimum Gasteiger partial charge on any atom is -0.370 e. The van der Waals surface area contributed by atoms with Crippen molar-refractivity contribution in [3.63, 3.8) is 0 Å². The molecule has 1 N–H and O–H groups in total. The zero-order chi connectivity index (χ0) is 9.83. The Bertz CT molecular complexity index is 518. The van der Waals surface area contributed by atoms with Crippen molar-refractivity contribution in [1.82, 2.24) is 4.98 Å². The quantitative estimate of drug-likeness (QED) is 0.689. The molecule has 15 heavy (non-hydrogen) atoms. The molecule has 1 aromatic heterocycles. The van der Waals surface area contributed by atoms with Crippen molar-refractivity contribution in [2.45, 2.75) is 18.8 Å². The summed E-state index contributed by atoms with van der Waals surface area (Å²) in [5.74, 6) is 0.789. The molecule has 0 spiro atoms. The van der Waals surface area contributed by atoms with Gasteiger partial charge in [-0.05, 0) is 18.9 Å². The second kappa shape index (κ2) is 2.57. The molecule has 2 bridgehead atoms. The van der Waals surface area contributed by atoms with Gasteiger partial charge in [-0.2, -0.15) is 0 Å². The highest BCUT2D eigenvalue weighted by molar-refractivity contribution is 5.96. The fraction of sp³-hybridized carbons (Fsp3) is 0.385. The van der Waals surface area contributed by atoms with E-state index in [4.69, 9.17) is 0 Å². The standard InChI is InChI=1S/C13H14N2/c1-2-4-11-10(3-1)13-12(14-11)9-5-7-15(13)8-6-9/h1-4,9,14H,5-8H2. The molecule has 1 saturated heterocycles. The molecular formula is C13H14N2. The number of aromatic nitrogens is 1. The molecular weight excluding hydrogens is 184 g/mol. The Morgan fingerprint density at radius 2 is 1.93 bits per heavy atom. The van der Waals surface area contributed by atoms with E-state index in [1.54, 1.807) is 0 Å². The van der Waals surface area contributed by atoms with Crippen LogP contribution in [0.4, 0.5) is 5.69 Å². The predicted molar refractivity (Wildman–Crippen MR) is 62.5 cm³/mol. The van der Waals surface area contributed by atoms with E-state index in [0.29, 0.717) is 0 Å². The number of nitrogens with one attached hydrogen (secondary N) is 1. The second-order valence-electron chi connectivity index (χ2n) is 4.69. The van der Waals surface area contributed by atoms with Crippen LogP contribution in [0.1, 0.15) is 24.5 Å². The summed E-state index contributed by atoms with van der Waals surface area (Å²) in [4.78, 5) is 6.16. The van der Waals surface area contributed by atoms with Gasteiger partial charge in [0.25, 0.3) is 0 Å². The third-order valence-electron chi connectivity index (χ3n) is 3.93. The SMILES string of the molecule is c1ccc2c3c([nH]c2c1)C1CCN3CC1. The normalized spacial score (nSPS) is 19.9. The van der Waals surface area contributed by atoms with Gasteiger partial charge in [0.2, 0.25) is 0 Å². The lowest BCUT2D eigenvalue weighted by atomic mass is 9.87. The summed E-state index contributed by atoms with van der Waals surface area (Å²) in [5.41, 5.74) is 4.29. The summed E-state index contributed by atoms with van der Waals surface area (Å²) in [6.07, 6.45) is 2.67. The number of benzene rings is 1. The average Bonchev–Trinajstić information content (AvgIpc) is 2.71. The molecule has 1 aromatic carbocycles. The summed E-state index contributed by atoms with van der Waals surface area (Å²) in [7, 11) is 0. The molecule has 0 atom stereocenters. The molecule has 1 fully saturated rings. The van der Waals surface area contributed by atoms with Crippen LogP contribution in [0.3, 0.4) is 0 Å². The maximum Gasteiger partial charge on any atom is 0.0660 e. The summed E-state index contributed by atoms with van der Waals surface area (Å²) >= 11 is 0. The minimum absolute atomic E-state index is 0.789. The molecule has 2 nitrogen and oxygen atoms in total. The maximum atomic E-state index is 3.61. The summed E-state index contributed by atoms with van der Waals surface area (Å²) in [6.45, 7) is 2.50. The number of anilines is 1. The molecule has 2 aromatic rings. The molecule has 5 rings (SSSR count). The van der Waals surface area contributed by atoms with Gasteiger partial charge >= 0.3 is 0 Å². The number of piperidine rings is 1. The molecule has 0 radical (unpaired) electrons. The Morgan fingerprint density at radius 1 is 1.13 bits per heavy atom. The smallest absolute Gasteiger partial charge is 0.0660 e. The van der Waals surface area contributed by atoms with Crippen molar-refractivity contribution in [3.8, 4) is 0 Å². The lowest BCUT2D eigenvalue weighted by molar-refractivity contribution is 0.469. The van der Waals surface area contributed by atoms with E-state index in [-0.39, 0.29) is 0 Å².